The van der Waals surface area contributed by atoms with Gasteiger partial charge in [-0.05, 0) is 52.9 Å². The summed E-state index contributed by atoms with van der Waals surface area (Å²) < 4.78 is 10.8. The second-order valence-corrected chi connectivity index (χ2v) is 8.10. The number of nitrogens with zero attached hydrogens (tertiary/aromatic N) is 1. The number of ether oxygens (including phenoxy) is 2. The van der Waals surface area contributed by atoms with Gasteiger partial charge in [-0.3, -0.25) is 4.79 Å². The number of aromatic nitrogens is 1. The molecule has 3 aromatic carbocycles. The van der Waals surface area contributed by atoms with E-state index in [0.29, 0.717) is 22.6 Å². The van der Waals surface area contributed by atoms with Gasteiger partial charge in [0, 0.05) is 17.2 Å². The van der Waals surface area contributed by atoms with Crippen LogP contribution in [0.2, 0.25) is 0 Å². The second kappa shape index (κ2) is 8.72. The minimum absolute atomic E-state index is 0.0378. The first-order valence-electron chi connectivity index (χ1n) is 10.8. The van der Waals surface area contributed by atoms with E-state index in [2.05, 4.69) is 29.2 Å². The maximum atomic E-state index is 12.4. The number of nitriles is 1. The van der Waals surface area contributed by atoms with Crippen molar-refractivity contribution >= 4 is 6.16 Å². The van der Waals surface area contributed by atoms with Crippen molar-refractivity contribution in [1.82, 2.24) is 4.98 Å². The molecule has 0 atom stereocenters. The zero-order valence-corrected chi connectivity index (χ0v) is 18.4. The summed E-state index contributed by atoms with van der Waals surface area (Å²) in [6.45, 7) is 1.92. The number of nitrogens with one attached hydrogen (secondary N) is 1. The molecule has 0 aliphatic heterocycles. The monoisotopic (exact) mass is 448 g/mol. The molecular formula is C28H20N2O4. The van der Waals surface area contributed by atoms with Gasteiger partial charge in [0.1, 0.15) is 24.0 Å². The maximum Gasteiger partial charge on any atom is 0.513 e. The molecule has 5 rings (SSSR count). The highest BCUT2D eigenvalue weighted by Gasteiger charge is 2.29. The van der Waals surface area contributed by atoms with E-state index in [1.807, 2.05) is 30.3 Å². The topological polar surface area (TPSA) is 92.2 Å². The van der Waals surface area contributed by atoms with E-state index in [1.165, 1.54) is 0 Å². The van der Waals surface area contributed by atoms with Crippen molar-refractivity contribution in [2.75, 3.05) is 6.61 Å². The third-order valence-corrected chi connectivity index (χ3v) is 5.98. The van der Waals surface area contributed by atoms with Crippen molar-refractivity contribution < 1.29 is 14.3 Å². The first-order chi connectivity index (χ1) is 16.5. The average molecular weight is 448 g/mol. The summed E-state index contributed by atoms with van der Waals surface area (Å²) in [7, 11) is 0. The predicted molar refractivity (Wildman–Crippen MR) is 128 cm³/mol. The number of H-pyrrole nitrogens is 1. The molecule has 0 bridgehead atoms. The lowest BCUT2D eigenvalue weighted by Gasteiger charge is -2.14. The third kappa shape index (κ3) is 3.84. The molecule has 0 spiro atoms. The number of hydrogen-bond donors (Lipinski definition) is 1. The number of rotatable bonds is 4. The molecule has 34 heavy (non-hydrogen) atoms. The zero-order chi connectivity index (χ0) is 23.7. The summed E-state index contributed by atoms with van der Waals surface area (Å²) >= 11 is 0. The van der Waals surface area contributed by atoms with Crippen LogP contribution < -0.4 is 10.3 Å². The van der Waals surface area contributed by atoms with Gasteiger partial charge in [0.2, 0.25) is 0 Å². The quantitative estimate of drug-likeness (QED) is 0.326. The summed E-state index contributed by atoms with van der Waals surface area (Å²) in [6.07, 6.45) is -0.792. The van der Waals surface area contributed by atoms with Crippen LogP contribution in [0.4, 0.5) is 4.79 Å². The van der Waals surface area contributed by atoms with Gasteiger partial charge in [-0.2, -0.15) is 5.26 Å². The molecule has 6 heteroatoms. The van der Waals surface area contributed by atoms with Crippen molar-refractivity contribution in [3.8, 4) is 34.1 Å². The molecule has 1 aliphatic carbocycles. The van der Waals surface area contributed by atoms with Crippen LogP contribution in [0.3, 0.4) is 0 Å². The van der Waals surface area contributed by atoms with Crippen LogP contribution in [0.5, 0.6) is 5.75 Å². The number of aryl methyl sites for hydroxylation is 1. The molecule has 1 aliphatic rings. The Labute approximate surface area is 196 Å². The predicted octanol–water partition coefficient (Wildman–Crippen LogP) is 5.55. The Kier molecular flexibility index (Phi) is 5.44. The van der Waals surface area contributed by atoms with Crippen LogP contribution in [-0.4, -0.2) is 17.7 Å². The summed E-state index contributed by atoms with van der Waals surface area (Å²) in [5, 5.41) is 9.34. The largest absolute Gasteiger partial charge is 0.513 e. The number of aromatic amines is 1. The molecule has 1 N–H and O–H groups in total. The minimum Gasteiger partial charge on any atom is -0.433 e. The third-order valence-electron chi connectivity index (χ3n) is 5.98. The lowest BCUT2D eigenvalue weighted by Crippen LogP contribution is -2.16. The van der Waals surface area contributed by atoms with Gasteiger partial charge in [-0.25, -0.2) is 4.79 Å². The van der Waals surface area contributed by atoms with E-state index in [4.69, 9.17) is 9.47 Å². The first-order valence-corrected chi connectivity index (χ1v) is 10.8. The lowest BCUT2D eigenvalue weighted by molar-refractivity contribution is 0.0965. The van der Waals surface area contributed by atoms with Gasteiger partial charge in [0.05, 0.1) is 0 Å². The van der Waals surface area contributed by atoms with Gasteiger partial charge in [0.25, 0.3) is 5.56 Å². The van der Waals surface area contributed by atoms with Crippen molar-refractivity contribution in [3.63, 3.8) is 0 Å². The zero-order valence-electron chi connectivity index (χ0n) is 18.4. The van der Waals surface area contributed by atoms with E-state index in [0.717, 1.165) is 22.3 Å². The summed E-state index contributed by atoms with van der Waals surface area (Å²) in [4.78, 5) is 27.1. The molecule has 0 fully saturated rings. The molecule has 6 nitrogen and oxygen atoms in total. The van der Waals surface area contributed by atoms with Crippen LogP contribution >= 0.6 is 0 Å². The first kappa shape index (κ1) is 21.2. The number of carbonyl (C=O) groups excluding carboxylic acids is 1. The van der Waals surface area contributed by atoms with E-state index in [9.17, 15) is 14.9 Å². The number of fused-ring (bicyclic) bond motifs is 3. The average Bonchev–Trinajstić information content (AvgIpc) is 3.16. The highest BCUT2D eigenvalue weighted by Crippen LogP contribution is 2.44. The van der Waals surface area contributed by atoms with Gasteiger partial charge < -0.3 is 14.5 Å². The van der Waals surface area contributed by atoms with Crippen LogP contribution in [-0.2, 0) is 4.74 Å². The van der Waals surface area contributed by atoms with Crippen LogP contribution in [0.1, 0.15) is 28.3 Å². The minimum atomic E-state index is -0.792. The van der Waals surface area contributed by atoms with Crippen molar-refractivity contribution in [2.24, 2.45) is 0 Å². The normalized spacial score (nSPS) is 11.9. The van der Waals surface area contributed by atoms with Crippen LogP contribution in [0.25, 0.3) is 22.3 Å². The number of pyridine rings is 1. The molecular weight excluding hydrogens is 428 g/mol. The molecule has 0 saturated heterocycles. The second-order valence-electron chi connectivity index (χ2n) is 8.10. The molecule has 0 saturated carbocycles. The molecule has 166 valence electrons. The van der Waals surface area contributed by atoms with Crippen molar-refractivity contribution in [3.05, 3.63) is 112 Å². The fraction of sp³-hybridized carbons (Fsp3) is 0.107. The number of benzene rings is 3. The van der Waals surface area contributed by atoms with Crippen LogP contribution in [0.15, 0.2) is 83.7 Å². The van der Waals surface area contributed by atoms with Gasteiger partial charge >= 0.3 is 6.16 Å². The van der Waals surface area contributed by atoms with E-state index >= 15 is 0 Å². The Balaban J connectivity index is 1.29. The molecule has 0 radical (unpaired) electrons. The van der Waals surface area contributed by atoms with E-state index < -0.39 is 11.7 Å². The Morgan fingerprint density at radius 2 is 1.56 bits per heavy atom. The molecule has 0 unspecified atom stereocenters. The van der Waals surface area contributed by atoms with Crippen molar-refractivity contribution in [1.29, 1.82) is 5.26 Å². The Bertz CT molecular complexity index is 1450. The fourth-order valence-corrected chi connectivity index (χ4v) is 4.45. The van der Waals surface area contributed by atoms with Gasteiger partial charge in [-0.15, -0.1) is 0 Å². The highest BCUT2D eigenvalue weighted by molar-refractivity contribution is 5.79. The fourth-order valence-electron chi connectivity index (χ4n) is 4.45. The smallest absolute Gasteiger partial charge is 0.433 e. The standard InChI is InChI=1S/C28H20N2O4/c1-17-14-24(25(15-29)27(31)30-17)18-10-12-19(13-11-18)34-28(32)33-16-26-22-8-4-2-6-20(22)21-7-3-5-9-23(21)26/h2-14,26H,16H2,1H3,(H,30,31). The molecule has 1 aromatic heterocycles. The molecule has 4 aromatic rings. The Morgan fingerprint density at radius 1 is 0.941 bits per heavy atom. The van der Waals surface area contributed by atoms with Crippen molar-refractivity contribution in [2.45, 2.75) is 12.8 Å². The highest BCUT2D eigenvalue weighted by atomic mass is 16.7. The lowest BCUT2D eigenvalue weighted by atomic mass is 9.98. The maximum absolute atomic E-state index is 12.4. The summed E-state index contributed by atoms with van der Waals surface area (Å²) in [6, 6.07) is 26.5. The van der Waals surface area contributed by atoms with Gasteiger partial charge in [0.15, 0.2) is 0 Å². The van der Waals surface area contributed by atoms with Crippen LogP contribution in [0, 0.1) is 18.3 Å². The summed E-state index contributed by atoms with van der Waals surface area (Å²) in [5.74, 6) is 0.257. The van der Waals surface area contributed by atoms with Gasteiger partial charge in [-0.1, -0.05) is 60.7 Å². The SMILES string of the molecule is Cc1cc(-c2ccc(OC(=O)OCC3c4ccccc4-c4ccccc43)cc2)c(C#N)c(=O)[nH]1. The molecule has 1 heterocycles. The summed E-state index contributed by atoms with van der Waals surface area (Å²) in [5.41, 5.74) is 6.02. The number of carbonyl (C=O) groups is 1. The Hall–Kier alpha value is -4.63. The molecule has 0 amide bonds. The Morgan fingerprint density at radius 3 is 2.18 bits per heavy atom. The number of hydrogen-bond acceptors (Lipinski definition) is 5. The van der Waals surface area contributed by atoms with E-state index in [-0.39, 0.29) is 18.1 Å². The van der Waals surface area contributed by atoms with E-state index in [1.54, 1.807) is 37.3 Å².